The van der Waals surface area contributed by atoms with Crippen LogP contribution in [0.5, 0.6) is 0 Å². The van der Waals surface area contributed by atoms with Gasteiger partial charge in [0.1, 0.15) is 76.5 Å². The van der Waals surface area contributed by atoms with Gasteiger partial charge in [-0.3, -0.25) is 9.59 Å². The number of rotatable bonds is 26. The maximum Gasteiger partial charge on any atom is 0.509 e. The van der Waals surface area contributed by atoms with Crippen LogP contribution in [0.2, 0.25) is 0 Å². The Balaban J connectivity index is 0.00000704. The summed E-state index contributed by atoms with van der Waals surface area (Å²) in [5, 5.41) is 0. The topological polar surface area (TPSA) is 212 Å². The maximum atomic E-state index is 13.0. The minimum absolute atomic E-state index is 0. The number of nitrogens with zero attached hydrogens (tertiary/aromatic N) is 4. The fraction of sp³-hybridized carbons (Fsp3) is 0.619. The molecule has 2 aliphatic rings. The number of hydrogen-bond acceptors (Lipinski definition) is 16. The van der Waals surface area contributed by atoms with Gasteiger partial charge in [-0.1, -0.05) is 39.8 Å². The Kier molecular flexibility index (Phi) is 25.0. The predicted molar refractivity (Wildman–Crippen MR) is 212 cm³/mol. The molecule has 358 valence electrons. The quantitative estimate of drug-likeness (QED) is 0.0394. The molecule has 0 aliphatic carbocycles. The van der Waals surface area contributed by atoms with Crippen LogP contribution in [0.3, 0.4) is 0 Å². The van der Waals surface area contributed by atoms with Gasteiger partial charge in [0.2, 0.25) is 12.7 Å². The van der Waals surface area contributed by atoms with E-state index in [1.807, 2.05) is 55.7 Å². The van der Waals surface area contributed by atoms with Crippen LogP contribution in [0.15, 0.2) is 61.7 Å². The number of esters is 4. The van der Waals surface area contributed by atoms with Crippen molar-refractivity contribution in [3.05, 3.63) is 61.7 Å². The molecule has 64 heavy (non-hydrogen) atoms. The highest BCUT2D eigenvalue weighted by Crippen LogP contribution is 2.31. The fourth-order valence-corrected chi connectivity index (χ4v) is 6.07. The molecule has 0 radical (unpaired) electrons. The van der Waals surface area contributed by atoms with Gasteiger partial charge in [-0.25, -0.2) is 37.4 Å². The summed E-state index contributed by atoms with van der Waals surface area (Å²) >= 11 is 0. The molecule has 2 saturated heterocycles. The van der Waals surface area contributed by atoms with Gasteiger partial charge in [-0.15, -0.1) is 0 Å². The summed E-state index contributed by atoms with van der Waals surface area (Å²) in [6, 6.07) is 0. The number of aromatic nitrogens is 4. The number of ether oxygens (including phenoxy) is 10. The number of imidazole rings is 2. The van der Waals surface area contributed by atoms with Crippen LogP contribution in [-0.2, 0) is 92.7 Å². The van der Waals surface area contributed by atoms with Gasteiger partial charge in [0.15, 0.2) is 24.4 Å². The van der Waals surface area contributed by atoms with Crippen molar-refractivity contribution in [2.24, 2.45) is 0 Å². The van der Waals surface area contributed by atoms with Crippen LogP contribution in [0.4, 0.5) is 9.59 Å². The number of carbonyl (C=O) groups excluding carboxylic acids is 6. The van der Waals surface area contributed by atoms with Gasteiger partial charge in [0.05, 0.1) is 39.1 Å². The Morgan fingerprint density at radius 3 is 1.38 bits per heavy atom. The van der Waals surface area contributed by atoms with Crippen LogP contribution in [0, 0.1) is 0 Å². The van der Waals surface area contributed by atoms with Gasteiger partial charge in [0.25, 0.3) is 0 Å². The van der Waals surface area contributed by atoms with Crippen LogP contribution in [-0.4, -0.2) is 122 Å². The summed E-state index contributed by atoms with van der Waals surface area (Å²) in [4.78, 5) is 75.2. The Bertz CT molecular complexity index is 1720. The van der Waals surface area contributed by atoms with Crippen molar-refractivity contribution in [3.63, 3.8) is 0 Å². The lowest BCUT2D eigenvalue weighted by Crippen LogP contribution is -3.00. The van der Waals surface area contributed by atoms with Crippen molar-refractivity contribution in [2.45, 2.75) is 129 Å². The Hall–Kier alpha value is -4.80. The molecule has 0 N–H and O–H groups in total. The third-order valence-electron chi connectivity index (χ3n) is 9.52. The van der Waals surface area contributed by atoms with E-state index in [1.165, 1.54) is 13.8 Å². The minimum atomic E-state index is -1.23. The lowest BCUT2D eigenvalue weighted by atomic mass is 10.1. The zero-order valence-electron chi connectivity index (χ0n) is 36.7. The third kappa shape index (κ3) is 19.1. The fourth-order valence-electron chi connectivity index (χ4n) is 6.07. The first kappa shape index (κ1) is 55.3. The Morgan fingerprint density at radius 2 is 1.02 bits per heavy atom. The van der Waals surface area contributed by atoms with E-state index in [1.54, 1.807) is 0 Å². The molecule has 2 aliphatic heterocycles. The molecule has 0 bridgehead atoms. The molecule has 0 saturated carbocycles. The molecule has 4 rings (SSSR count). The minimum Gasteiger partial charge on any atom is -1.00 e. The molecule has 0 aromatic carbocycles. The Morgan fingerprint density at radius 1 is 0.641 bits per heavy atom. The standard InChI is InChI=1S/C42H60N4O16.2BrH/c1-7-9-13-43-17-19-45(27-43)15-11-35(47)53-21-31(23-57-39(49)29(3)4)59-41(51)61-33-25-55-38-34(26-56-37(33)38)62-42(52)60-32(24-58-40(50)30(5)6)22-54-36(48)12-16-46-20-18-44(28-46)14-10-8-2;;/h17-20,27-28,31-34,37-38H,3,5,7-16,21-26H2,1-2,4,6H3;2*1H/q+2;;/p-2/t31?,32?,33-,34+,37-,38-;;/m1../s1. The third-order valence-corrected chi connectivity index (χ3v) is 9.52. The van der Waals surface area contributed by atoms with Crippen molar-refractivity contribution in [1.82, 2.24) is 9.13 Å². The average molecular weight is 1040 g/mol. The van der Waals surface area contributed by atoms with E-state index in [9.17, 15) is 28.8 Å². The number of fused-ring (bicyclic) bond motifs is 1. The second-order valence-electron chi connectivity index (χ2n) is 15.0. The highest BCUT2D eigenvalue weighted by molar-refractivity contribution is 5.87. The number of halogens is 2. The summed E-state index contributed by atoms with van der Waals surface area (Å²) in [7, 11) is 0. The largest absolute Gasteiger partial charge is 1.00 e. The van der Waals surface area contributed by atoms with Crippen LogP contribution < -0.4 is 43.1 Å². The number of unbranched alkanes of at least 4 members (excludes halogenated alkanes) is 2. The lowest BCUT2D eigenvalue weighted by molar-refractivity contribution is -0.697. The van der Waals surface area contributed by atoms with Gasteiger partial charge >= 0.3 is 36.2 Å². The van der Waals surface area contributed by atoms with Crippen molar-refractivity contribution in [3.8, 4) is 0 Å². The number of hydrogen-bond donors (Lipinski definition) is 0. The second kappa shape index (κ2) is 28.9. The van der Waals surface area contributed by atoms with Crippen molar-refractivity contribution in [1.29, 1.82) is 0 Å². The number of aryl methyl sites for hydroxylation is 4. The van der Waals surface area contributed by atoms with Crippen molar-refractivity contribution >= 4 is 36.2 Å². The first-order valence-electron chi connectivity index (χ1n) is 20.8. The molecule has 6 atom stereocenters. The zero-order chi connectivity index (χ0) is 45.0. The summed E-state index contributed by atoms with van der Waals surface area (Å²) in [6.45, 7) is 14.5. The molecular formula is C42H60Br2N4O16. The normalized spacial score (nSPS) is 18.1. The van der Waals surface area contributed by atoms with Gasteiger partial charge in [0, 0.05) is 11.1 Å². The predicted octanol–water partition coefficient (Wildman–Crippen LogP) is -3.14. The van der Waals surface area contributed by atoms with Crippen LogP contribution in [0.1, 0.15) is 66.2 Å². The molecule has 2 aromatic rings. The molecular weight excluding hydrogens is 976 g/mol. The van der Waals surface area contributed by atoms with E-state index < -0.39 is 99.2 Å². The van der Waals surface area contributed by atoms with E-state index in [4.69, 9.17) is 47.4 Å². The molecule has 2 unspecified atom stereocenters. The lowest BCUT2D eigenvalue weighted by Gasteiger charge is -2.21. The second-order valence-corrected chi connectivity index (χ2v) is 15.0. The molecule has 2 fully saturated rings. The van der Waals surface area contributed by atoms with Crippen LogP contribution >= 0.6 is 0 Å². The highest BCUT2D eigenvalue weighted by atomic mass is 79.9. The maximum absolute atomic E-state index is 13.0. The molecule has 22 heteroatoms. The van der Waals surface area contributed by atoms with Gasteiger partial charge in [-0.05, 0) is 26.7 Å². The monoisotopic (exact) mass is 1030 g/mol. The summed E-state index contributed by atoms with van der Waals surface area (Å²) < 4.78 is 61.9. The molecule has 20 nitrogen and oxygen atoms in total. The highest BCUT2D eigenvalue weighted by Gasteiger charge is 2.52. The van der Waals surface area contributed by atoms with E-state index >= 15 is 0 Å². The number of carbonyl (C=O) groups is 6. The molecule has 0 spiro atoms. The summed E-state index contributed by atoms with van der Waals surface area (Å²) in [5.41, 5.74) is 0.221. The van der Waals surface area contributed by atoms with E-state index in [-0.39, 0.29) is 71.2 Å². The average Bonchev–Trinajstić information content (AvgIpc) is 4.06. The molecule has 2 aromatic heterocycles. The van der Waals surface area contributed by atoms with Gasteiger partial charge < -0.3 is 81.3 Å². The van der Waals surface area contributed by atoms with E-state index in [0.717, 1.165) is 38.8 Å². The zero-order valence-corrected chi connectivity index (χ0v) is 39.9. The summed E-state index contributed by atoms with van der Waals surface area (Å²) in [5.74, 6) is -2.61. The summed E-state index contributed by atoms with van der Waals surface area (Å²) in [6.07, 6.45) is 7.01. The Labute approximate surface area is 393 Å². The first-order chi connectivity index (χ1) is 29.7. The van der Waals surface area contributed by atoms with Gasteiger partial charge in [-0.2, -0.15) is 0 Å². The van der Waals surface area contributed by atoms with Crippen molar-refractivity contribution < 1.29 is 119 Å². The molecule has 4 heterocycles. The van der Waals surface area contributed by atoms with Crippen LogP contribution in [0.25, 0.3) is 0 Å². The molecule has 0 amide bonds. The SMILES string of the molecule is C=C(C)C(=O)OCC(COC(=O)CCn1cc[n+](CCCC)c1)OC(=O)O[C@H]1CO[C@H]2[C@@H]1OC[C@H]2OC(=O)OC(COC(=O)CCn1cc[n+](CCCC)c1)COC(=O)C(=C)C.[Br-].[Br-]. The first-order valence-corrected chi connectivity index (χ1v) is 20.8. The van der Waals surface area contributed by atoms with E-state index in [0.29, 0.717) is 13.1 Å². The smallest absolute Gasteiger partial charge is 0.509 e. The van der Waals surface area contributed by atoms with E-state index in [2.05, 4.69) is 27.0 Å². The van der Waals surface area contributed by atoms with Crippen molar-refractivity contribution in [2.75, 3.05) is 39.6 Å².